The molecule has 1 aliphatic heterocycles. The second kappa shape index (κ2) is 7.72. The Morgan fingerprint density at radius 1 is 1.03 bits per heavy atom. The molecule has 2 aromatic carbocycles. The van der Waals surface area contributed by atoms with Gasteiger partial charge in [0.2, 0.25) is 0 Å². The maximum absolute atomic E-state index is 13.1. The Morgan fingerprint density at radius 2 is 1.72 bits per heavy atom. The number of primary amides is 1. The first-order chi connectivity index (χ1) is 15.2. The van der Waals surface area contributed by atoms with Crippen LogP contribution in [0.1, 0.15) is 24.8 Å². The second-order valence-electron chi connectivity index (χ2n) is 9.08. The number of hydrogen-bond acceptors (Lipinski definition) is 3. The second-order valence-corrected chi connectivity index (χ2v) is 10.3. The van der Waals surface area contributed by atoms with E-state index in [1.54, 1.807) is 18.2 Å². The highest BCUT2D eigenvalue weighted by Crippen LogP contribution is 2.72. The van der Waals surface area contributed by atoms with E-state index in [9.17, 15) is 9.59 Å². The Labute approximate surface area is 201 Å². The predicted octanol–water partition coefficient (Wildman–Crippen LogP) is 4.74. The van der Waals surface area contributed by atoms with E-state index < -0.39 is 12.0 Å². The van der Waals surface area contributed by atoms with E-state index in [0.717, 1.165) is 5.56 Å². The minimum atomic E-state index is -0.774. The Morgan fingerprint density at radius 3 is 2.34 bits per heavy atom. The molecule has 32 heavy (non-hydrogen) atoms. The normalized spacial score (nSPS) is 27.0. The Bertz CT molecular complexity index is 1070. The van der Waals surface area contributed by atoms with Crippen LogP contribution in [0.3, 0.4) is 0 Å². The molecule has 0 radical (unpaired) electrons. The summed E-state index contributed by atoms with van der Waals surface area (Å²) >= 11 is 18.0. The molecule has 4 fully saturated rings. The number of halogens is 3. The quantitative estimate of drug-likeness (QED) is 0.604. The van der Waals surface area contributed by atoms with E-state index in [-0.39, 0.29) is 17.0 Å². The van der Waals surface area contributed by atoms with Crippen molar-refractivity contribution in [1.29, 1.82) is 0 Å². The van der Waals surface area contributed by atoms with Crippen molar-refractivity contribution in [2.45, 2.75) is 37.5 Å². The first-order valence-electron chi connectivity index (χ1n) is 10.4. The topological polar surface area (TPSA) is 75.9 Å². The molecule has 6 nitrogen and oxygen atoms in total. The highest BCUT2D eigenvalue weighted by atomic mass is 35.5. The van der Waals surface area contributed by atoms with Crippen molar-refractivity contribution < 1.29 is 14.3 Å². The zero-order valence-electron chi connectivity index (χ0n) is 17.2. The highest BCUT2D eigenvalue weighted by Gasteiger charge is 2.76. The number of hydrogen-bond donors (Lipinski definition) is 1. The van der Waals surface area contributed by atoms with Crippen LogP contribution >= 0.6 is 34.8 Å². The van der Waals surface area contributed by atoms with E-state index in [1.807, 2.05) is 34.1 Å². The number of carbonyl (C=O) groups excluding carboxylic acids is 2. The molecule has 0 aromatic heterocycles. The van der Waals surface area contributed by atoms with Crippen molar-refractivity contribution in [2.24, 2.45) is 11.1 Å². The largest absolute Gasteiger partial charge is 0.480 e. The van der Waals surface area contributed by atoms with Crippen molar-refractivity contribution in [3.63, 3.8) is 0 Å². The molecular weight excluding hydrogens is 473 g/mol. The number of nitrogens with zero attached hydrogens (tertiary/aromatic N) is 2. The first-order valence-corrected chi connectivity index (χ1v) is 11.6. The molecular formula is C23H22Cl3N3O3. The maximum Gasteiger partial charge on any atom is 0.320 e. The number of urea groups is 1. The van der Waals surface area contributed by atoms with Gasteiger partial charge in [0, 0.05) is 41.7 Å². The molecule has 1 unspecified atom stereocenters. The van der Waals surface area contributed by atoms with E-state index in [0.29, 0.717) is 59.7 Å². The summed E-state index contributed by atoms with van der Waals surface area (Å²) in [6, 6.07) is 12.4. The molecule has 9 heteroatoms. The van der Waals surface area contributed by atoms with Gasteiger partial charge in [-0.25, -0.2) is 4.79 Å². The SMILES string of the molecule is NC(=O)C(Oc1ccc(Cl)c(Cl)c1)C12CC(N3CCN(Cc4ccc(Cl)cc4)C3=O)(C1)C2. The standard InChI is InChI=1S/C23H22Cl3N3O3/c24-15-3-1-14(2-4-15)10-28-7-8-29(21(28)31)23-11-22(12-23,13-23)19(20(27)30)32-16-5-6-17(25)18(26)9-16/h1-6,9,19H,7-8,10-13H2,(H2,27,30). The maximum atomic E-state index is 13.1. The lowest BCUT2D eigenvalue weighted by Gasteiger charge is -2.74. The molecule has 6 rings (SSSR count). The van der Waals surface area contributed by atoms with Gasteiger partial charge in [-0.3, -0.25) is 4.79 Å². The Hall–Kier alpha value is -2.15. The summed E-state index contributed by atoms with van der Waals surface area (Å²) < 4.78 is 5.96. The van der Waals surface area contributed by atoms with Crippen LogP contribution in [0.4, 0.5) is 4.79 Å². The summed E-state index contributed by atoms with van der Waals surface area (Å²) in [7, 11) is 0. The van der Waals surface area contributed by atoms with Gasteiger partial charge in [0.1, 0.15) is 5.75 Å². The van der Waals surface area contributed by atoms with Gasteiger partial charge in [-0.1, -0.05) is 46.9 Å². The van der Waals surface area contributed by atoms with Crippen molar-refractivity contribution in [3.8, 4) is 5.75 Å². The molecule has 1 heterocycles. The van der Waals surface area contributed by atoms with Gasteiger partial charge in [-0.2, -0.15) is 0 Å². The van der Waals surface area contributed by atoms with Crippen LogP contribution in [0.2, 0.25) is 15.1 Å². The fourth-order valence-corrected chi connectivity index (χ4v) is 5.94. The lowest BCUT2D eigenvalue weighted by Crippen LogP contribution is -2.79. The molecule has 1 atom stereocenters. The van der Waals surface area contributed by atoms with Gasteiger partial charge in [0.05, 0.1) is 10.0 Å². The summed E-state index contributed by atoms with van der Waals surface area (Å²) in [4.78, 5) is 29.1. The minimum absolute atomic E-state index is 0.0364. The van der Waals surface area contributed by atoms with Crippen LogP contribution < -0.4 is 10.5 Å². The average molecular weight is 495 g/mol. The van der Waals surface area contributed by atoms with Gasteiger partial charge >= 0.3 is 6.03 Å². The van der Waals surface area contributed by atoms with Gasteiger partial charge in [-0.05, 0) is 49.1 Å². The third-order valence-corrected chi connectivity index (χ3v) is 7.95. The summed E-state index contributed by atoms with van der Waals surface area (Å²) in [6.45, 7) is 1.91. The van der Waals surface area contributed by atoms with Crippen LogP contribution in [0.15, 0.2) is 42.5 Å². The van der Waals surface area contributed by atoms with E-state index in [2.05, 4.69) is 0 Å². The molecule has 168 valence electrons. The van der Waals surface area contributed by atoms with Crippen molar-refractivity contribution >= 4 is 46.7 Å². The van der Waals surface area contributed by atoms with E-state index in [4.69, 9.17) is 45.3 Å². The third-order valence-electron chi connectivity index (χ3n) is 6.96. The molecule has 2 bridgehead atoms. The van der Waals surface area contributed by atoms with Crippen LogP contribution in [-0.2, 0) is 11.3 Å². The van der Waals surface area contributed by atoms with Crippen LogP contribution in [0.25, 0.3) is 0 Å². The molecule has 3 amide bonds. The monoisotopic (exact) mass is 493 g/mol. The third kappa shape index (κ3) is 3.49. The summed E-state index contributed by atoms with van der Waals surface area (Å²) in [6.07, 6.45) is 1.34. The molecule has 2 N–H and O–H groups in total. The summed E-state index contributed by atoms with van der Waals surface area (Å²) in [5, 5.41) is 1.44. The lowest BCUT2D eigenvalue weighted by atomic mass is 9.37. The Balaban J connectivity index is 1.24. The number of rotatable bonds is 7. The molecule has 3 saturated carbocycles. The first kappa shape index (κ1) is 21.7. The molecule has 1 saturated heterocycles. The van der Waals surface area contributed by atoms with Crippen LogP contribution in [-0.4, -0.2) is 46.5 Å². The van der Waals surface area contributed by atoms with E-state index >= 15 is 0 Å². The van der Waals surface area contributed by atoms with Gasteiger partial charge < -0.3 is 20.3 Å². The average Bonchev–Trinajstić information content (AvgIpc) is 3.04. The molecule has 3 aliphatic carbocycles. The molecule has 4 aliphatic rings. The number of amides is 3. The number of ether oxygens (including phenoxy) is 1. The molecule has 0 spiro atoms. The van der Waals surface area contributed by atoms with E-state index in [1.165, 1.54) is 0 Å². The Kier molecular flexibility index (Phi) is 5.23. The number of benzene rings is 2. The zero-order chi connectivity index (χ0) is 22.7. The van der Waals surface area contributed by atoms with Crippen molar-refractivity contribution in [3.05, 3.63) is 63.1 Å². The summed E-state index contributed by atoms with van der Waals surface area (Å²) in [5.74, 6) is -0.0603. The van der Waals surface area contributed by atoms with Crippen molar-refractivity contribution in [2.75, 3.05) is 13.1 Å². The number of nitrogens with two attached hydrogens (primary N) is 1. The van der Waals surface area contributed by atoms with Gasteiger partial charge in [-0.15, -0.1) is 0 Å². The minimum Gasteiger partial charge on any atom is -0.480 e. The number of carbonyl (C=O) groups is 2. The highest BCUT2D eigenvalue weighted by molar-refractivity contribution is 6.42. The van der Waals surface area contributed by atoms with Crippen LogP contribution in [0.5, 0.6) is 5.75 Å². The van der Waals surface area contributed by atoms with Crippen LogP contribution in [0, 0.1) is 5.41 Å². The smallest absolute Gasteiger partial charge is 0.320 e. The fraction of sp³-hybridized carbons (Fsp3) is 0.391. The summed E-state index contributed by atoms with van der Waals surface area (Å²) in [5.41, 5.74) is 6.18. The van der Waals surface area contributed by atoms with Gasteiger partial charge in [0.25, 0.3) is 5.91 Å². The lowest BCUT2D eigenvalue weighted by molar-refractivity contribution is -0.237. The fourth-order valence-electron chi connectivity index (χ4n) is 5.53. The molecule has 2 aromatic rings. The van der Waals surface area contributed by atoms with Gasteiger partial charge in [0.15, 0.2) is 6.10 Å². The van der Waals surface area contributed by atoms with Crippen molar-refractivity contribution in [1.82, 2.24) is 9.80 Å². The predicted molar refractivity (Wildman–Crippen MR) is 123 cm³/mol. The zero-order valence-corrected chi connectivity index (χ0v) is 19.5.